The van der Waals surface area contributed by atoms with Gasteiger partial charge in [0.1, 0.15) is 72.9 Å². The molecule has 0 aromatic heterocycles. The molecule has 16 rings (SSSR count). The second-order valence-electron chi connectivity index (χ2n) is 39.2. The van der Waals surface area contributed by atoms with Gasteiger partial charge in [-0.1, -0.05) is 72.4 Å². The Morgan fingerprint density at radius 3 is 1.29 bits per heavy atom. The Morgan fingerprint density at radius 2 is 0.846 bits per heavy atom. The number of fused-ring (bicyclic) bond motifs is 5. The van der Waals surface area contributed by atoms with Crippen LogP contribution in [0.15, 0.2) is 134 Å². The van der Waals surface area contributed by atoms with E-state index in [4.69, 9.17) is 88.2 Å². The van der Waals surface area contributed by atoms with Crippen LogP contribution in [0.5, 0.6) is 0 Å². The molecular weight excluding hydrogens is 1970 g/mol. The van der Waals surface area contributed by atoms with Crippen LogP contribution in [0.2, 0.25) is 0 Å². The third kappa shape index (κ3) is 34.5. The van der Waals surface area contributed by atoms with Crippen molar-refractivity contribution in [3.63, 3.8) is 0 Å². The minimum absolute atomic E-state index is 0.0148. The first-order chi connectivity index (χ1) is 69.3. The van der Waals surface area contributed by atoms with Crippen LogP contribution < -0.4 is 0 Å². The number of hydrogen-bond donors (Lipinski definition) is 11. The fraction of sp³-hybridized carbons (Fsp3) is 0.573. The number of carbonyl (C=O) groups excluding carboxylic acids is 12. The molecule has 5 heterocycles. The number of aliphatic hydroxyl groups is 1. The number of rotatable bonds is 32. The topological polar surface area (TPSA) is 718 Å². The molecule has 0 amide bonds. The van der Waals surface area contributed by atoms with Crippen molar-refractivity contribution >= 4 is 131 Å². The fourth-order valence-electron chi connectivity index (χ4n) is 20.6. The Morgan fingerprint density at radius 1 is 0.389 bits per heavy atom. The molecule has 16 aliphatic rings. The lowest BCUT2D eigenvalue weighted by Gasteiger charge is -2.59. The Labute approximate surface area is 856 Å². The number of esters is 12. The minimum Gasteiger partial charge on any atom is -0.481 e. The van der Waals surface area contributed by atoms with Crippen LogP contribution in [0, 0.1) is 94.2 Å². The summed E-state index contributed by atoms with van der Waals surface area (Å²) in [7, 11) is 0. The monoisotopic (exact) mass is 2100 g/mol. The predicted octanol–water partition coefficient (Wildman–Crippen LogP) is 8.42. The molecule has 16 fully saturated rings. The maximum absolute atomic E-state index is 11.8. The van der Waals surface area contributed by atoms with Gasteiger partial charge in [0.05, 0.1) is 60.2 Å². The molecule has 5 saturated heterocycles. The van der Waals surface area contributed by atoms with Gasteiger partial charge in [0, 0.05) is 92.7 Å². The Hall–Kier alpha value is -14.6. The Kier molecular flexibility index (Phi) is 46.4. The maximum Gasteiger partial charge on any atom is 0.341 e. The first-order valence-electron chi connectivity index (χ1n) is 47.4. The van der Waals surface area contributed by atoms with Gasteiger partial charge in [-0.15, -0.1) is 0 Å². The van der Waals surface area contributed by atoms with Gasteiger partial charge in [0.2, 0.25) is 0 Å². The van der Waals surface area contributed by atoms with Gasteiger partial charge >= 0.3 is 131 Å². The molecule has 0 radical (unpaired) electrons. The summed E-state index contributed by atoms with van der Waals surface area (Å²) in [6, 6.07) is 0. The molecule has 0 aromatic rings. The summed E-state index contributed by atoms with van der Waals surface area (Å²) in [6.07, 6.45) is 7.60. The summed E-state index contributed by atoms with van der Waals surface area (Å²) in [5.41, 5.74) is 1.42. The minimum atomic E-state index is -1.17. The number of carbonyl (C=O) groups is 22. The van der Waals surface area contributed by atoms with E-state index in [9.17, 15) is 121 Å². The summed E-state index contributed by atoms with van der Waals surface area (Å²) in [6.45, 7) is 49.9. The Bertz CT molecular complexity index is 5160. The summed E-state index contributed by atoms with van der Waals surface area (Å²) in [4.78, 5) is 240. The van der Waals surface area contributed by atoms with Crippen molar-refractivity contribution in [2.75, 3.05) is 26.4 Å². The van der Waals surface area contributed by atoms with Gasteiger partial charge in [-0.3, -0.25) is 47.9 Å². The molecule has 11 saturated carbocycles. The third-order valence-electron chi connectivity index (χ3n) is 27.1. The maximum atomic E-state index is 11.8. The first kappa shape index (κ1) is 125. The number of hydrogen-bond acceptors (Lipinski definition) is 36. The van der Waals surface area contributed by atoms with E-state index >= 15 is 0 Å². The molecule has 820 valence electrons. The SMILES string of the molecule is C=C(C)C(=O)O.C=C(C)C(=O)OC12CC3CC(C1)CC(C(=O)O)(C3)C2.C=C(C)C(=O)OC1C2CC3C1OC(=O)C3C2C(=O)O.C=C(C)C(=O)OC1C2OC(=O)C3C2OC1C3C(=O)O.C=C(C)C(=O)OC1CC2CC1CC2C(=O)O.C=C(C)C(=O)OC1CCC(C(=O)O)CC1.C=C(C)C(=O)OCC(=O)O.C=C(C)C(=O)OCCC(=O)O.C=C(C)C(=O)OCCCC(=O)O.C=C(CO)C(=O)OC1C2CC3C(=O)OC1C3C2.C=CC(=O)O. The van der Waals surface area contributed by atoms with Crippen molar-refractivity contribution in [1.82, 2.24) is 0 Å². The van der Waals surface area contributed by atoms with E-state index in [1.807, 2.05) is 0 Å². The largest absolute Gasteiger partial charge is 0.481 e. The summed E-state index contributed by atoms with van der Waals surface area (Å²) < 4.78 is 66.3. The van der Waals surface area contributed by atoms with E-state index in [0.29, 0.717) is 91.9 Å². The van der Waals surface area contributed by atoms with Crippen LogP contribution in [0.4, 0.5) is 0 Å². The summed E-state index contributed by atoms with van der Waals surface area (Å²) in [5, 5.41) is 94.5. The fourth-order valence-corrected chi connectivity index (χ4v) is 20.6. The molecule has 12 bridgehead atoms. The molecule has 46 nitrogen and oxygen atoms in total. The van der Waals surface area contributed by atoms with E-state index in [1.165, 1.54) is 34.6 Å². The normalized spacial score (nSPS) is 29.9. The summed E-state index contributed by atoms with van der Waals surface area (Å²) in [5.74, 6) is -17.7. The van der Waals surface area contributed by atoms with Crippen molar-refractivity contribution in [1.29, 1.82) is 0 Å². The molecule has 11 aliphatic carbocycles. The molecule has 0 spiro atoms. The zero-order valence-corrected chi connectivity index (χ0v) is 84.3. The van der Waals surface area contributed by atoms with E-state index < -0.39 is 192 Å². The number of ether oxygens (including phenoxy) is 13. The number of carboxylic acid groups (broad SMARTS) is 10. The second kappa shape index (κ2) is 55.4. The van der Waals surface area contributed by atoms with Gasteiger partial charge in [0.15, 0.2) is 18.8 Å². The van der Waals surface area contributed by atoms with Crippen LogP contribution in [0.25, 0.3) is 0 Å². The van der Waals surface area contributed by atoms with Crippen LogP contribution in [-0.4, -0.2) is 281 Å². The van der Waals surface area contributed by atoms with E-state index in [0.717, 1.165) is 57.4 Å². The zero-order chi connectivity index (χ0) is 113. The van der Waals surface area contributed by atoms with Gasteiger partial charge in [-0.05, 0) is 189 Å². The molecule has 5 aliphatic heterocycles. The van der Waals surface area contributed by atoms with Crippen molar-refractivity contribution in [2.45, 2.75) is 251 Å². The van der Waals surface area contributed by atoms with Crippen molar-refractivity contribution < 1.29 is 223 Å². The standard InChI is InChI=1S/C15H20O4.C13H14O6.C12H12O7.C12H14O5.C12H16O4.C11H16O4.C8H12O4.C7H10O4.C6H8O4.C4H6O2.C3H4O2/c1-9(2)12(16)19-15-6-10-3-11(7-15)5-14(4-10,8-15)13(17)18;1-4(2)12(16)18-9-5-3-6-8(7(5)11(14)15)13(17)19-10(6)9;1-3(2)11(15)18-8-6-4(10(13)14)5-7(17-6)9(8)19-12(5)16;1-5(4-13)11(14)16-9-6-2-7-8(3-6)12(15)17-10(7)9;1-6(2)12(15)16-10-5-7-3-8(10)4-9(7)11(13)14;1-7(2)11(14)15-9-5-3-8(4-6-9)10(12)13;1-6(2)8(11)12-5-3-4-7(9)10;1-5(2)7(10)11-4-3-6(8)9;1-4(2)6(9)10-3-5(7)8;1-3(2)4(5)6;1-2-3(4)5/h10-11H,1,3-8H2,2H3,(H,17,18);5-10H,1,3H2,2H3,(H,14,15);4-9H,1H2,2H3,(H,13,14);6-10,13H,1-4H2;7-10H,1,3-5H2,2H3,(H,13,14);8-9H,1,3-6H2,2H3,(H,12,13);1,3-5H2,2H3,(H,9,10);1,3-4H2,2H3,(H,8,9);1,3H2,2H3,(H,7,8);1H2,2H3,(H,5,6);2H,1H2,(H,4,5). The van der Waals surface area contributed by atoms with Crippen LogP contribution in [0.3, 0.4) is 0 Å². The quantitative estimate of drug-likeness (QED) is 0.0130. The molecule has 11 N–H and O–H groups in total. The smallest absolute Gasteiger partial charge is 0.341 e. The Balaban J connectivity index is 0.000000293. The molecule has 149 heavy (non-hydrogen) atoms. The highest BCUT2D eigenvalue weighted by Gasteiger charge is 2.73. The molecule has 23 atom stereocenters. The van der Waals surface area contributed by atoms with Crippen molar-refractivity contribution in [2.24, 2.45) is 94.2 Å². The first-order valence-corrected chi connectivity index (χ1v) is 47.4. The average Bonchev–Trinajstić information content (AvgIpc) is 1.50. The van der Waals surface area contributed by atoms with Gasteiger partial charge < -0.3 is 118 Å². The highest BCUT2D eigenvalue weighted by atomic mass is 16.7. The van der Waals surface area contributed by atoms with Crippen LogP contribution >= 0.6 is 0 Å². The molecule has 0 aromatic carbocycles. The number of aliphatic carboxylic acids is 10. The van der Waals surface area contributed by atoms with Gasteiger partial charge in [0.25, 0.3) is 0 Å². The molecule has 23 unspecified atom stereocenters. The van der Waals surface area contributed by atoms with Crippen LogP contribution in [-0.2, 0) is 167 Å². The lowest BCUT2D eigenvalue weighted by molar-refractivity contribution is -0.207. The van der Waals surface area contributed by atoms with Gasteiger partial charge in [-0.2, -0.15) is 0 Å². The predicted molar refractivity (Wildman–Crippen MR) is 508 cm³/mol. The highest BCUT2D eigenvalue weighted by Crippen LogP contribution is 2.64. The highest BCUT2D eigenvalue weighted by molar-refractivity contribution is 5.94. The van der Waals surface area contributed by atoms with Crippen molar-refractivity contribution in [3.8, 4) is 0 Å². The number of aliphatic hydroxyl groups excluding tert-OH is 1. The van der Waals surface area contributed by atoms with E-state index in [-0.39, 0.29) is 161 Å². The van der Waals surface area contributed by atoms with Crippen LogP contribution in [0.1, 0.15) is 184 Å². The average molecular weight is 2110 g/mol. The third-order valence-corrected chi connectivity index (χ3v) is 27.1. The molecule has 46 heteroatoms. The lowest BCUT2D eigenvalue weighted by Crippen LogP contribution is -2.59. The van der Waals surface area contributed by atoms with Gasteiger partial charge in [-0.25, -0.2) is 57.5 Å². The zero-order valence-electron chi connectivity index (χ0n) is 84.3. The second-order valence-corrected chi connectivity index (χ2v) is 39.2. The molecular formula is C103H132O46. The van der Waals surface area contributed by atoms with E-state index in [1.54, 1.807) is 27.7 Å². The lowest BCUT2D eigenvalue weighted by atomic mass is 9.48. The summed E-state index contributed by atoms with van der Waals surface area (Å²) >= 11 is 0. The van der Waals surface area contributed by atoms with E-state index in [2.05, 4.69) is 86.6 Å². The van der Waals surface area contributed by atoms with Crippen molar-refractivity contribution in [3.05, 3.63) is 134 Å². The number of carboxylic acids is 10.